The second kappa shape index (κ2) is 10.5. The highest BCUT2D eigenvalue weighted by Gasteiger charge is 2.26. The Labute approximate surface area is 217 Å². The van der Waals surface area contributed by atoms with Crippen LogP contribution in [0.15, 0.2) is 42.6 Å². The SMILES string of the molecule is COc1cc(N2CCC(N(C)C)C2)c(N)cc1Nc1ncc(Cl)c(Nc2ccccc2P(C)(C)=O)n1. The van der Waals surface area contributed by atoms with Gasteiger partial charge in [0.15, 0.2) is 5.82 Å². The van der Waals surface area contributed by atoms with E-state index in [1.54, 1.807) is 20.4 Å². The number of nitrogen functional groups attached to an aromatic ring is 1. The molecule has 2 aromatic carbocycles. The van der Waals surface area contributed by atoms with Gasteiger partial charge in [-0.3, -0.25) is 0 Å². The fraction of sp³-hybridized carbons (Fsp3) is 0.360. The normalized spacial score (nSPS) is 15.9. The summed E-state index contributed by atoms with van der Waals surface area (Å²) in [5.74, 6) is 1.34. The minimum atomic E-state index is -2.52. The van der Waals surface area contributed by atoms with Gasteiger partial charge in [-0.1, -0.05) is 23.7 Å². The molecule has 1 fully saturated rings. The van der Waals surface area contributed by atoms with Crippen LogP contribution in [0, 0.1) is 0 Å². The topological polar surface area (TPSA) is 109 Å². The first kappa shape index (κ1) is 26.1. The maximum atomic E-state index is 12.7. The molecule has 1 aliphatic rings. The molecule has 1 saturated heterocycles. The van der Waals surface area contributed by atoms with Crippen LogP contribution in [0.5, 0.6) is 5.75 Å². The summed E-state index contributed by atoms with van der Waals surface area (Å²) in [6, 6.07) is 11.7. The van der Waals surface area contributed by atoms with Gasteiger partial charge in [0.1, 0.15) is 17.9 Å². The van der Waals surface area contributed by atoms with E-state index in [1.807, 2.05) is 36.4 Å². The first-order valence-corrected chi connectivity index (χ1v) is 14.6. The van der Waals surface area contributed by atoms with E-state index in [-0.39, 0.29) is 0 Å². The van der Waals surface area contributed by atoms with Crippen LogP contribution in [0.25, 0.3) is 0 Å². The molecule has 192 valence electrons. The minimum absolute atomic E-state index is 0.315. The molecule has 2 heterocycles. The Kier molecular flexibility index (Phi) is 7.64. The van der Waals surface area contributed by atoms with Gasteiger partial charge in [-0.2, -0.15) is 4.98 Å². The predicted molar refractivity (Wildman–Crippen MR) is 151 cm³/mol. The van der Waals surface area contributed by atoms with Gasteiger partial charge in [-0.25, -0.2) is 4.98 Å². The van der Waals surface area contributed by atoms with Crippen molar-refractivity contribution in [3.63, 3.8) is 0 Å². The molecule has 0 saturated carbocycles. The zero-order valence-electron chi connectivity index (χ0n) is 21.2. The summed E-state index contributed by atoms with van der Waals surface area (Å²) in [5.41, 5.74) is 9.37. The Balaban J connectivity index is 1.60. The molecular weight excluding hydrogens is 497 g/mol. The van der Waals surface area contributed by atoms with Gasteiger partial charge in [0.2, 0.25) is 5.95 Å². The highest BCUT2D eigenvalue weighted by molar-refractivity contribution is 7.70. The van der Waals surface area contributed by atoms with Crippen molar-refractivity contribution in [1.29, 1.82) is 0 Å². The lowest BCUT2D eigenvalue weighted by Gasteiger charge is -2.24. The van der Waals surface area contributed by atoms with Crippen molar-refractivity contribution < 1.29 is 9.30 Å². The summed E-state index contributed by atoms with van der Waals surface area (Å²) in [5, 5.41) is 7.47. The Morgan fingerprint density at radius 1 is 1.19 bits per heavy atom. The summed E-state index contributed by atoms with van der Waals surface area (Å²) in [7, 11) is 3.30. The molecular formula is C25H33ClN7O2P. The lowest BCUT2D eigenvalue weighted by atomic mass is 10.2. The van der Waals surface area contributed by atoms with Crippen LogP contribution in [-0.2, 0) is 4.57 Å². The summed E-state index contributed by atoms with van der Waals surface area (Å²) in [6.45, 7) is 5.30. The molecule has 0 radical (unpaired) electrons. The fourth-order valence-corrected chi connectivity index (χ4v) is 5.61. The number of nitrogens with zero attached hydrogens (tertiary/aromatic N) is 4. The van der Waals surface area contributed by atoms with Crippen LogP contribution < -0.4 is 31.3 Å². The molecule has 1 unspecified atom stereocenters. The second-order valence-electron chi connectivity index (χ2n) is 9.47. The molecule has 11 heteroatoms. The Morgan fingerprint density at radius 2 is 1.94 bits per heavy atom. The zero-order chi connectivity index (χ0) is 26.0. The van der Waals surface area contributed by atoms with Crippen molar-refractivity contribution in [1.82, 2.24) is 14.9 Å². The number of likely N-dealkylation sites (N-methyl/N-ethyl adjacent to an activating group) is 1. The van der Waals surface area contributed by atoms with E-state index < -0.39 is 7.14 Å². The monoisotopic (exact) mass is 529 g/mol. The molecule has 1 atom stereocenters. The Bertz CT molecular complexity index is 1300. The first-order valence-electron chi connectivity index (χ1n) is 11.7. The molecule has 4 N–H and O–H groups in total. The standard InChI is InChI=1S/C25H33ClN7O2P/c1-32(2)16-10-11-33(15-16)21-13-22(35-3)20(12-18(21)27)30-25-28-14-17(26)24(31-25)29-19-8-6-7-9-23(19)36(4,5)34/h6-9,12-14,16H,10-11,15,27H2,1-5H3,(H2,28,29,30,31). The van der Waals surface area contributed by atoms with Gasteiger partial charge in [-0.05, 0) is 52.0 Å². The lowest BCUT2D eigenvalue weighted by Crippen LogP contribution is -2.31. The van der Waals surface area contributed by atoms with Crippen LogP contribution in [0.1, 0.15) is 6.42 Å². The van der Waals surface area contributed by atoms with Crippen LogP contribution in [-0.4, -0.2) is 68.5 Å². The summed E-state index contributed by atoms with van der Waals surface area (Å²) < 4.78 is 18.4. The highest BCUT2D eigenvalue weighted by atomic mass is 35.5. The third-order valence-corrected chi connectivity index (χ3v) is 8.14. The second-order valence-corrected chi connectivity index (χ2v) is 13.1. The minimum Gasteiger partial charge on any atom is -0.494 e. The van der Waals surface area contributed by atoms with Crippen molar-refractivity contribution in [2.75, 3.05) is 68.9 Å². The van der Waals surface area contributed by atoms with Crippen molar-refractivity contribution in [2.24, 2.45) is 0 Å². The molecule has 0 amide bonds. The smallest absolute Gasteiger partial charge is 0.229 e. The zero-order valence-corrected chi connectivity index (χ0v) is 22.9. The van der Waals surface area contributed by atoms with E-state index in [1.165, 1.54) is 6.20 Å². The fourth-order valence-electron chi connectivity index (χ4n) is 4.32. The molecule has 36 heavy (non-hydrogen) atoms. The number of anilines is 6. The first-order chi connectivity index (χ1) is 17.1. The number of hydrogen-bond acceptors (Lipinski definition) is 9. The van der Waals surface area contributed by atoms with E-state index >= 15 is 0 Å². The van der Waals surface area contributed by atoms with Gasteiger partial charge in [0.05, 0.1) is 36.1 Å². The molecule has 1 aromatic heterocycles. The number of hydrogen-bond donors (Lipinski definition) is 3. The van der Waals surface area contributed by atoms with E-state index in [4.69, 9.17) is 22.1 Å². The molecule has 3 aromatic rings. The van der Waals surface area contributed by atoms with Crippen LogP contribution in [0.3, 0.4) is 0 Å². The van der Waals surface area contributed by atoms with Gasteiger partial charge in [0, 0.05) is 30.5 Å². The van der Waals surface area contributed by atoms with Crippen LogP contribution in [0.2, 0.25) is 5.02 Å². The number of ether oxygens (including phenoxy) is 1. The lowest BCUT2D eigenvalue weighted by molar-refractivity contribution is 0.315. The largest absolute Gasteiger partial charge is 0.494 e. The molecule has 4 rings (SSSR count). The number of nitrogens with one attached hydrogen (secondary N) is 2. The van der Waals surface area contributed by atoms with Crippen molar-refractivity contribution in [3.8, 4) is 5.75 Å². The number of benzene rings is 2. The van der Waals surface area contributed by atoms with Gasteiger partial charge in [-0.15, -0.1) is 0 Å². The highest BCUT2D eigenvalue weighted by Crippen LogP contribution is 2.40. The van der Waals surface area contributed by atoms with Crippen molar-refractivity contribution in [3.05, 3.63) is 47.6 Å². The molecule has 1 aliphatic heterocycles. The van der Waals surface area contributed by atoms with Crippen molar-refractivity contribution >= 4 is 58.6 Å². The van der Waals surface area contributed by atoms with Gasteiger partial charge in [0.25, 0.3) is 0 Å². The third kappa shape index (κ3) is 5.69. The van der Waals surface area contributed by atoms with E-state index in [9.17, 15) is 4.57 Å². The molecule has 0 aliphatic carbocycles. The summed E-state index contributed by atoms with van der Waals surface area (Å²) in [4.78, 5) is 13.4. The predicted octanol–water partition coefficient (Wildman–Crippen LogP) is 4.60. The maximum Gasteiger partial charge on any atom is 0.229 e. The number of rotatable bonds is 8. The van der Waals surface area contributed by atoms with Crippen molar-refractivity contribution in [2.45, 2.75) is 12.5 Å². The maximum absolute atomic E-state index is 12.7. The summed E-state index contributed by atoms with van der Waals surface area (Å²) >= 11 is 6.39. The van der Waals surface area contributed by atoms with Crippen LogP contribution in [0.4, 0.5) is 34.5 Å². The third-order valence-electron chi connectivity index (χ3n) is 6.31. The molecule has 0 bridgehead atoms. The van der Waals surface area contributed by atoms with Gasteiger partial charge < -0.3 is 35.5 Å². The average Bonchev–Trinajstić information content (AvgIpc) is 3.31. The average molecular weight is 530 g/mol. The summed E-state index contributed by atoms with van der Waals surface area (Å²) in [6.07, 6.45) is 2.59. The van der Waals surface area contributed by atoms with E-state index in [0.717, 1.165) is 30.5 Å². The van der Waals surface area contributed by atoms with Gasteiger partial charge >= 0.3 is 0 Å². The van der Waals surface area contributed by atoms with E-state index in [2.05, 4.69) is 44.5 Å². The number of aromatic nitrogens is 2. The molecule has 9 nitrogen and oxygen atoms in total. The number of methoxy groups -OCH3 is 1. The number of nitrogens with two attached hydrogens (primary N) is 1. The van der Waals surface area contributed by atoms with E-state index in [0.29, 0.717) is 45.6 Å². The van der Waals surface area contributed by atoms with Crippen LogP contribution >= 0.6 is 18.7 Å². The molecule has 0 spiro atoms. The quantitative estimate of drug-likeness (QED) is 0.285. The number of halogens is 1. The Morgan fingerprint density at radius 3 is 2.61 bits per heavy atom. The Hall–Kier alpha value is -3.00. The number of para-hydroxylation sites is 1.